The van der Waals surface area contributed by atoms with Crippen molar-refractivity contribution in [3.63, 3.8) is 0 Å². The van der Waals surface area contributed by atoms with Crippen molar-refractivity contribution < 1.29 is 4.21 Å². The van der Waals surface area contributed by atoms with Crippen LogP contribution in [0.2, 0.25) is 0 Å². The number of hydrogen-bond acceptors (Lipinski definition) is 3. The van der Waals surface area contributed by atoms with Crippen LogP contribution >= 0.6 is 0 Å². The molecule has 3 atom stereocenters. The summed E-state index contributed by atoms with van der Waals surface area (Å²) in [5.74, 6) is 0.833. The normalized spacial score (nSPS) is 28.6. The average molecular weight is 218 g/mol. The lowest BCUT2D eigenvalue weighted by molar-refractivity contribution is 0.155. The van der Waals surface area contributed by atoms with Gasteiger partial charge in [-0.1, -0.05) is 0 Å². The highest BCUT2D eigenvalue weighted by atomic mass is 32.2. The number of nitrogens with zero attached hydrogens (tertiary/aromatic N) is 1. The van der Waals surface area contributed by atoms with Crippen LogP contribution in [0.1, 0.15) is 20.3 Å². The SMILES string of the molecule is CC1CN(C(C)CCS(C)=O)CCN1. The largest absolute Gasteiger partial charge is 0.312 e. The zero-order valence-electron chi connectivity index (χ0n) is 9.45. The third-order valence-corrected chi connectivity index (χ3v) is 3.66. The van der Waals surface area contributed by atoms with Crippen molar-refractivity contribution >= 4 is 10.8 Å². The molecule has 0 bridgehead atoms. The predicted octanol–water partition coefficient (Wildman–Crippen LogP) is 0.437. The van der Waals surface area contributed by atoms with Gasteiger partial charge < -0.3 is 5.32 Å². The van der Waals surface area contributed by atoms with Crippen LogP contribution in [0.4, 0.5) is 0 Å². The minimum atomic E-state index is -0.642. The highest BCUT2D eigenvalue weighted by Gasteiger charge is 2.20. The molecule has 3 unspecified atom stereocenters. The molecular weight excluding hydrogens is 196 g/mol. The second-order valence-electron chi connectivity index (χ2n) is 4.27. The lowest BCUT2D eigenvalue weighted by atomic mass is 10.1. The molecule has 0 aromatic rings. The molecule has 1 aliphatic rings. The molecule has 1 fully saturated rings. The predicted molar refractivity (Wildman–Crippen MR) is 62.1 cm³/mol. The maximum Gasteiger partial charge on any atom is 0.0246 e. The fourth-order valence-electron chi connectivity index (χ4n) is 1.88. The molecule has 1 heterocycles. The monoisotopic (exact) mass is 218 g/mol. The number of rotatable bonds is 4. The van der Waals surface area contributed by atoms with Gasteiger partial charge in [-0.2, -0.15) is 0 Å². The van der Waals surface area contributed by atoms with Crippen LogP contribution in [0.15, 0.2) is 0 Å². The summed E-state index contributed by atoms with van der Waals surface area (Å²) in [4.78, 5) is 2.49. The van der Waals surface area contributed by atoms with Gasteiger partial charge in [-0.15, -0.1) is 0 Å². The summed E-state index contributed by atoms with van der Waals surface area (Å²) in [6.45, 7) is 7.79. The number of hydrogen-bond donors (Lipinski definition) is 1. The topological polar surface area (TPSA) is 32.3 Å². The maximum atomic E-state index is 11.0. The van der Waals surface area contributed by atoms with Crippen molar-refractivity contribution in [3.8, 4) is 0 Å². The van der Waals surface area contributed by atoms with Crippen molar-refractivity contribution in [1.29, 1.82) is 0 Å². The molecule has 1 aliphatic heterocycles. The molecule has 1 rings (SSSR count). The van der Waals surface area contributed by atoms with Gasteiger partial charge in [0.25, 0.3) is 0 Å². The third-order valence-electron chi connectivity index (χ3n) is 2.85. The quantitative estimate of drug-likeness (QED) is 0.743. The first kappa shape index (κ1) is 12.1. The summed E-state index contributed by atoms with van der Waals surface area (Å²) < 4.78 is 11.0. The Morgan fingerprint density at radius 2 is 2.36 bits per heavy atom. The highest BCUT2D eigenvalue weighted by Crippen LogP contribution is 2.08. The molecule has 0 amide bonds. The van der Waals surface area contributed by atoms with Crippen molar-refractivity contribution in [2.45, 2.75) is 32.4 Å². The first-order valence-electron chi connectivity index (χ1n) is 5.37. The first-order chi connectivity index (χ1) is 6.59. The van der Waals surface area contributed by atoms with E-state index in [1.54, 1.807) is 6.26 Å². The van der Waals surface area contributed by atoms with Gasteiger partial charge >= 0.3 is 0 Å². The second kappa shape index (κ2) is 5.83. The van der Waals surface area contributed by atoms with E-state index in [-0.39, 0.29) is 0 Å². The molecule has 3 nitrogen and oxygen atoms in total. The van der Waals surface area contributed by atoms with Gasteiger partial charge in [0, 0.05) is 54.5 Å². The van der Waals surface area contributed by atoms with E-state index in [1.165, 1.54) is 0 Å². The molecule has 0 aliphatic carbocycles. The Labute approximate surface area is 89.7 Å². The molecule has 0 saturated carbocycles. The Morgan fingerprint density at radius 1 is 1.64 bits per heavy atom. The summed E-state index contributed by atoms with van der Waals surface area (Å²) >= 11 is 0. The molecule has 0 aromatic carbocycles. The molecule has 0 radical (unpaired) electrons. The van der Waals surface area contributed by atoms with E-state index in [4.69, 9.17) is 0 Å². The van der Waals surface area contributed by atoms with E-state index in [9.17, 15) is 4.21 Å². The second-order valence-corrected chi connectivity index (χ2v) is 5.82. The molecule has 14 heavy (non-hydrogen) atoms. The van der Waals surface area contributed by atoms with E-state index >= 15 is 0 Å². The van der Waals surface area contributed by atoms with Gasteiger partial charge in [-0.25, -0.2) is 0 Å². The van der Waals surface area contributed by atoms with Gasteiger partial charge in [-0.05, 0) is 20.3 Å². The summed E-state index contributed by atoms with van der Waals surface area (Å²) in [5.41, 5.74) is 0. The van der Waals surface area contributed by atoms with Gasteiger partial charge in [0.15, 0.2) is 0 Å². The Hall–Kier alpha value is 0.0700. The van der Waals surface area contributed by atoms with E-state index in [2.05, 4.69) is 24.1 Å². The zero-order valence-corrected chi connectivity index (χ0v) is 10.3. The van der Waals surface area contributed by atoms with E-state index in [0.29, 0.717) is 12.1 Å². The Balaban J connectivity index is 2.28. The van der Waals surface area contributed by atoms with Crippen LogP contribution in [0.5, 0.6) is 0 Å². The van der Waals surface area contributed by atoms with Gasteiger partial charge in [-0.3, -0.25) is 9.11 Å². The molecule has 0 aromatic heterocycles. The molecule has 1 N–H and O–H groups in total. The van der Waals surface area contributed by atoms with Gasteiger partial charge in [0.05, 0.1) is 0 Å². The van der Waals surface area contributed by atoms with Crippen LogP contribution in [0.3, 0.4) is 0 Å². The summed E-state index contributed by atoms with van der Waals surface area (Å²) in [5, 5.41) is 3.43. The van der Waals surface area contributed by atoms with Crippen LogP contribution in [-0.4, -0.2) is 52.8 Å². The van der Waals surface area contributed by atoms with Crippen molar-refractivity contribution in [2.75, 3.05) is 31.6 Å². The summed E-state index contributed by atoms with van der Waals surface area (Å²) in [6.07, 6.45) is 2.84. The van der Waals surface area contributed by atoms with Crippen molar-refractivity contribution in [1.82, 2.24) is 10.2 Å². The lowest BCUT2D eigenvalue weighted by Gasteiger charge is -2.36. The van der Waals surface area contributed by atoms with E-state index in [1.807, 2.05) is 0 Å². The maximum absolute atomic E-state index is 11.0. The van der Waals surface area contributed by atoms with Crippen LogP contribution in [-0.2, 0) is 10.8 Å². The molecule has 1 saturated heterocycles. The Morgan fingerprint density at radius 3 is 2.93 bits per heavy atom. The van der Waals surface area contributed by atoms with Crippen LogP contribution < -0.4 is 5.32 Å². The molecular formula is C10H22N2OS. The lowest BCUT2D eigenvalue weighted by Crippen LogP contribution is -2.52. The minimum Gasteiger partial charge on any atom is -0.312 e. The number of piperazine rings is 1. The van der Waals surface area contributed by atoms with Gasteiger partial charge in [0.2, 0.25) is 0 Å². The fraction of sp³-hybridized carbons (Fsp3) is 1.00. The fourth-order valence-corrected chi connectivity index (χ4v) is 2.55. The Bertz CT molecular complexity index is 199. The van der Waals surface area contributed by atoms with Crippen molar-refractivity contribution in [3.05, 3.63) is 0 Å². The summed E-state index contributed by atoms with van der Waals surface area (Å²) in [6, 6.07) is 1.17. The smallest absolute Gasteiger partial charge is 0.0246 e. The van der Waals surface area contributed by atoms with E-state index in [0.717, 1.165) is 31.8 Å². The van der Waals surface area contributed by atoms with Crippen molar-refractivity contribution in [2.24, 2.45) is 0 Å². The zero-order chi connectivity index (χ0) is 10.6. The number of nitrogens with one attached hydrogen (secondary N) is 1. The highest BCUT2D eigenvalue weighted by molar-refractivity contribution is 7.84. The molecule has 84 valence electrons. The van der Waals surface area contributed by atoms with Crippen LogP contribution in [0.25, 0.3) is 0 Å². The van der Waals surface area contributed by atoms with Crippen LogP contribution in [0, 0.1) is 0 Å². The minimum absolute atomic E-state index is 0.573. The van der Waals surface area contributed by atoms with Gasteiger partial charge in [0.1, 0.15) is 0 Å². The Kier molecular flexibility index (Phi) is 5.06. The van der Waals surface area contributed by atoms with E-state index < -0.39 is 10.8 Å². The standard InChI is InChI=1S/C10H22N2OS/c1-9-8-12(6-5-11-9)10(2)4-7-14(3)13/h9-11H,4-8H2,1-3H3. The average Bonchev–Trinajstić information content (AvgIpc) is 2.14. The molecule has 4 heteroatoms. The molecule has 0 spiro atoms. The first-order valence-corrected chi connectivity index (χ1v) is 7.09. The summed E-state index contributed by atoms with van der Waals surface area (Å²) in [7, 11) is -0.642. The third kappa shape index (κ3) is 4.07.